The molecule has 2 aliphatic rings. The summed E-state index contributed by atoms with van der Waals surface area (Å²) in [6.07, 6.45) is 3.06. The third-order valence-corrected chi connectivity index (χ3v) is 8.19. The second-order valence-electron chi connectivity index (χ2n) is 10.9. The average molecular weight is 556 g/mol. The molecule has 5 rings (SSSR count). The number of likely N-dealkylation sites (tertiary alicyclic amines) is 1. The number of benzene rings is 2. The highest BCUT2D eigenvalue weighted by atomic mass is 16.4. The van der Waals surface area contributed by atoms with Crippen LogP contribution in [0.2, 0.25) is 0 Å². The van der Waals surface area contributed by atoms with E-state index in [1.54, 1.807) is 36.1 Å². The summed E-state index contributed by atoms with van der Waals surface area (Å²) in [7, 11) is 0. The smallest absolute Gasteiger partial charge is 0.248 e. The summed E-state index contributed by atoms with van der Waals surface area (Å²) in [5.41, 5.74) is 14.6. The van der Waals surface area contributed by atoms with E-state index in [2.05, 4.69) is 21.6 Å². The molecule has 1 aliphatic carbocycles. The molecule has 2 heterocycles. The highest BCUT2D eigenvalue weighted by Gasteiger charge is 2.46. The van der Waals surface area contributed by atoms with Gasteiger partial charge in [-0.05, 0) is 85.5 Å². The Morgan fingerprint density at radius 3 is 2.22 bits per heavy atom. The number of aryl methyl sites for hydroxylation is 3. The number of nitrogens with two attached hydrogens (primary N) is 2. The lowest BCUT2D eigenvalue weighted by molar-refractivity contribution is -0.130. The monoisotopic (exact) mass is 555 g/mol. The number of hydrogen-bond acceptors (Lipinski definition) is 8. The topological polar surface area (TPSA) is 181 Å². The number of nitrogens with one attached hydrogen (secondary N) is 1. The van der Waals surface area contributed by atoms with Crippen LogP contribution in [0.1, 0.15) is 80.9 Å². The van der Waals surface area contributed by atoms with Gasteiger partial charge in [-0.15, -0.1) is 10.2 Å². The molecular formula is C30H33N7O4. The molecule has 11 heteroatoms. The molecule has 3 aromatic rings. The number of aromatic nitrogens is 2. The van der Waals surface area contributed by atoms with Crippen molar-refractivity contribution >= 4 is 17.7 Å². The first kappa shape index (κ1) is 28.0. The maximum Gasteiger partial charge on any atom is 0.248 e. The van der Waals surface area contributed by atoms with Crippen LogP contribution in [0.25, 0.3) is 0 Å². The van der Waals surface area contributed by atoms with Gasteiger partial charge in [0.25, 0.3) is 0 Å². The van der Waals surface area contributed by atoms with E-state index in [9.17, 15) is 19.6 Å². The molecule has 0 bridgehead atoms. The minimum absolute atomic E-state index is 0.0687. The molecule has 1 unspecified atom stereocenters. The van der Waals surface area contributed by atoms with Gasteiger partial charge in [0, 0.05) is 30.6 Å². The average Bonchev–Trinajstić information content (AvgIpc) is 3.60. The quantitative estimate of drug-likeness (QED) is 0.377. The summed E-state index contributed by atoms with van der Waals surface area (Å²) in [6, 6.07) is 12.3. The van der Waals surface area contributed by atoms with Crippen LogP contribution in [0, 0.1) is 18.3 Å². The normalized spacial score (nSPS) is 18.1. The van der Waals surface area contributed by atoms with Crippen molar-refractivity contribution in [2.24, 2.45) is 11.5 Å². The Labute approximate surface area is 237 Å². The van der Waals surface area contributed by atoms with Crippen molar-refractivity contribution in [3.63, 3.8) is 0 Å². The Kier molecular flexibility index (Phi) is 7.60. The summed E-state index contributed by atoms with van der Waals surface area (Å²) < 4.78 is 6.14. The van der Waals surface area contributed by atoms with E-state index in [4.69, 9.17) is 15.9 Å². The van der Waals surface area contributed by atoms with Crippen LogP contribution in [0.5, 0.6) is 0 Å². The molecule has 1 saturated heterocycles. The standard InChI is InChI=1S/C30H33N7O4/c1-17(34-16-26(38)37-11-3-4-23(37)15-31)14-30(29-36-35-18(2)41-29)24-9-7-21(27(32)39)12-19(24)5-6-20-13-22(28(33)40)8-10-25(20)30/h7-10,12-13,17,23,34H,3-6,11,14,16H2,1-2H3,(H2,32,39)(H2,33,40)/t17-,23?/m0/s1. The zero-order valence-electron chi connectivity index (χ0n) is 23.1. The van der Waals surface area contributed by atoms with E-state index in [1.165, 1.54) is 0 Å². The molecule has 1 fully saturated rings. The van der Waals surface area contributed by atoms with Crippen LogP contribution < -0.4 is 16.8 Å². The zero-order chi connectivity index (χ0) is 29.3. The number of hydrogen-bond donors (Lipinski definition) is 3. The van der Waals surface area contributed by atoms with Crippen molar-refractivity contribution in [3.8, 4) is 6.07 Å². The molecule has 0 radical (unpaired) electrons. The van der Waals surface area contributed by atoms with Crippen molar-refractivity contribution in [2.75, 3.05) is 13.1 Å². The Morgan fingerprint density at radius 1 is 1.10 bits per heavy atom. The van der Waals surface area contributed by atoms with Crippen molar-refractivity contribution < 1.29 is 18.8 Å². The van der Waals surface area contributed by atoms with Gasteiger partial charge in [0.15, 0.2) is 0 Å². The van der Waals surface area contributed by atoms with Gasteiger partial charge in [-0.25, -0.2) is 0 Å². The number of rotatable bonds is 8. The van der Waals surface area contributed by atoms with Gasteiger partial charge < -0.3 is 26.1 Å². The fourth-order valence-electron chi connectivity index (χ4n) is 6.26. The molecule has 212 valence electrons. The Balaban J connectivity index is 1.61. The van der Waals surface area contributed by atoms with Gasteiger partial charge in [0.2, 0.25) is 29.5 Å². The van der Waals surface area contributed by atoms with E-state index in [1.807, 2.05) is 19.1 Å². The number of nitrogens with zero attached hydrogens (tertiary/aromatic N) is 4. The van der Waals surface area contributed by atoms with Crippen LogP contribution in [-0.4, -0.2) is 58.0 Å². The minimum Gasteiger partial charge on any atom is -0.424 e. The summed E-state index contributed by atoms with van der Waals surface area (Å²) in [4.78, 5) is 38.8. The molecule has 11 nitrogen and oxygen atoms in total. The maximum absolute atomic E-state index is 13.0. The molecule has 1 aromatic heterocycles. The lowest BCUT2D eigenvalue weighted by Gasteiger charge is -2.36. The van der Waals surface area contributed by atoms with Gasteiger partial charge in [-0.1, -0.05) is 12.1 Å². The third kappa shape index (κ3) is 5.18. The van der Waals surface area contributed by atoms with E-state index >= 15 is 0 Å². The van der Waals surface area contributed by atoms with E-state index in [0.29, 0.717) is 55.1 Å². The first-order chi connectivity index (χ1) is 19.6. The number of carbonyl (C=O) groups is 3. The first-order valence-electron chi connectivity index (χ1n) is 13.7. The largest absolute Gasteiger partial charge is 0.424 e. The predicted octanol–water partition coefficient (Wildman–Crippen LogP) is 1.89. The zero-order valence-corrected chi connectivity index (χ0v) is 23.1. The summed E-state index contributed by atoms with van der Waals surface area (Å²) in [5, 5.41) is 21.4. The van der Waals surface area contributed by atoms with Gasteiger partial charge in [0.05, 0.1) is 12.6 Å². The van der Waals surface area contributed by atoms with Gasteiger partial charge in [-0.2, -0.15) is 5.26 Å². The third-order valence-electron chi connectivity index (χ3n) is 8.19. The molecule has 3 amide bonds. The van der Waals surface area contributed by atoms with Crippen LogP contribution in [-0.2, 0) is 23.1 Å². The molecule has 2 atom stereocenters. The molecule has 0 saturated carbocycles. The lowest BCUT2D eigenvalue weighted by Crippen LogP contribution is -2.45. The van der Waals surface area contributed by atoms with Gasteiger partial charge in [-0.3, -0.25) is 14.4 Å². The molecule has 2 aromatic carbocycles. The molecule has 0 spiro atoms. The van der Waals surface area contributed by atoms with E-state index in [-0.39, 0.29) is 18.5 Å². The fraction of sp³-hybridized carbons (Fsp3) is 0.400. The van der Waals surface area contributed by atoms with Crippen LogP contribution in [0.15, 0.2) is 40.8 Å². The van der Waals surface area contributed by atoms with Crippen molar-refractivity contribution in [1.29, 1.82) is 5.26 Å². The number of carbonyl (C=O) groups excluding carboxylic acids is 3. The Morgan fingerprint density at radius 2 is 1.71 bits per heavy atom. The van der Waals surface area contributed by atoms with E-state index in [0.717, 1.165) is 28.7 Å². The fourth-order valence-corrected chi connectivity index (χ4v) is 6.26. The first-order valence-corrected chi connectivity index (χ1v) is 13.7. The molecule has 5 N–H and O–H groups in total. The van der Waals surface area contributed by atoms with Gasteiger partial charge in [0.1, 0.15) is 11.5 Å². The second-order valence-corrected chi connectivity index (χ2v) is 10.9. The summed E-state index contributed by atoms with van der Waals surface area (Å²) in [5.74, 6) is -0.432. The van der Waals surface area contributed by atoms with Crippen molar-refractivity contribution in [2.45, 2.75) is 63.5 Å². The number of fused-ring (bicyclic) bond motifs is 2. The number of amides is 3. The molecular weight excluding hydrogens is 522 g/mol. The number of nitriles is 1. The molecule has 41 heavy (non-hydrogen) atoms. The summed E-state index contributed by atoms with van der Waals surface area (Å²) >= 11 is 0. The van der Waals surface area contributed by atoms with E-state index < -0.39 is 23.3 Å². The molecule has 1 aliphatic heterocycles. The Hall–Kier alpha value is -4.56. The number of primary amides is 2. The van der Waals surface area contributed by atoms with Crippen molar-refractivity contribution in [3.05, 3.63) is 81.6 Å². The van der Waals surface area contributed by atoms with Gasteiger partial charge >= 0.3 is 0 Å². The predicted molar refractivity (Wildman–Crippen MR) is 149 cm³/mol. The van der Waals surface area contributed by atoms with Crippen molar-refractivity contribution in [1.82, 2.24) is 20.4 Å². The maximum atomic E-state index is 13.0. The van der Waals surface area contributed by atoms with Crippen LogP contribution in [0.3, 0.4) is 0 Å². The van der Waals surface area contributed by atoms with Crippen LogP contribution >= 0.6 is 0 Å². The highest BCUT2D eigenvalue weighted by Crippen LogP contribution is 2.47. The second kappa shape index (κ2) is 11.1. The lowest BCUT2D eigenvalue weighted by atomic mass is 9.68. The highest BCUT2D eigenvalue weighted by molar-refractivity contribution is 5.94. The van der Waals surface area contributed by atoms with Crippen LogP contribution in [0.4, 0.5) is 0 Å². The SMILES string of the molecule is Cc1nnc(C2(C[C@H](C)NCC(=O)N3CCCC3C#N)c3ccc(C(N)=O)cc3CCc3cc(C(N)=O)ccc32)o1. The Bertz CT molecular complexity index is 1490. The summed E-state index contributed by atoms with van der Waals surface area (Å²) in [6.45, 7) is 4.34. The minimum atomic E-state index is -0.979.